The average molecular weight is 558 g/mol. The molecule has 0 unspecified atom stereocenters. The number of hydrogen-bond donors (Lipinski definition) is 2. The van der Waals surface area contributed by atoms with Crippen LogP contribution in [0.3, 0.4) is 0 Å². The Hall–Kier alpha value is -1.88. The number of benzene rings is 1. The van der Waals surface area contributed by atoms with Gasteiger partial charge in [-0.1, -0.05) is 12.1 Å². The molecule has 2 N–H and O–H groups in total. The van der Waals surface area contributed by atoms with E-state index in [1.165, 1.54) is 5.56 Å². The van der Waals surface area contributed by atoms with Gasteiger partial charge in [0, 0.05) is 38.8 Å². The molecule has 0 aliphatic heterocycles. The molecule has 1 aromatic carbocycles. The molecule has 0 saturated heterocycles. The molecule has 2 rings (SSSR count). The molecule has 0 radical (unpaired) electrons. The zero-order chi connectivity index (χ0) is 22.8. The quantitative estimate of drug-likeness (QED) is 0.251. The number of aryl methyl sites for hydroxylation is 1. The highest BCUT2D eigenvalue weighted by molar-refractivity contribution is 14.0. The topological polar surface area (TPSA) is 79.6 Å². The van der Waals surface area contributed by atoms with Gasteiger partial charge in [-0.2, -0.15) is 0 Å². The number of guanidine groups is 1. The molecule has 2 aromatic rings. The van der Waals surface area contributed by atoms with Crippen LogP contribution in [0.25, 0.3) is 0 Å². The Bertz CT molecular complexity index is 810. The summed E-state index contributed by atoms with van der Waals surface area (Å²) in [4.78, 5) is 7.21. The molecule has 9 heteroatoms. The first-order chi connectivity index (χ1) is 14.8. The summed E-state index contributed by atoms with van der Waals surface area (Å²) in [5.74, 6) is 3.40. The number of ether oxygens (including phenoxy) is 1. The second-order valence-electron chi connectivity index (χ2n) is 8.26. The average Bonchev–Trinajstić information content (AvgIpc) is 3.06. The molecule has 1 heterocycles. The molecular weight excluding hydrogens is 517 g/mol. The van der Waals surface area contributed by atoms with Crippen molar-refractivity contribution >= 4 is 29.9 Å². The number of aliphatic imine (C=N–C) groups is 1. The van der Waals surface area contributed by atoms with E-state index < -0.39 is 0 Å². The summed E-state index contributed by atoms with van der Waals surface area (Å²) < 4.78 is 7.20. The molecule has 1 aromatic heterocycles. The highest BCUT2D eigenvalue weighted by Gasteiger charge is 2.13. The van der Waals surface area contributed by atoms with E-state index >= 15 is 0 Å². The van der Waals surface area contributed by atoms with Crippen molar-refractivity contribution in [1.29, 1.82) is 0 Å². The molecule has 0 atom stereocenters. The molecule has 0 spiro atoms. The zero-order valence-corrected chi connectivity index (χ0v) is 22.9. The van der Waals surface area contributed by atoms with Crippen molar-refractivity contribution in [3.63, 3.8) is 0 Å². The normalized spacial score (nSPS) is 11.8. The Kier molecular flexibility index (Phi) is 12.6. The number of nitrogens with zero attached hydrogens (tertiary/aromatic N) is 5. The minimum Gasteiger partial charge on any atom is -0.497 e. The Morgan fingerprint density at radius 3 is 2.22 bits per heavy atom. The van der Waals surface area contributed by atoms with E-state index in [1.807, 2.05) is 30.7 Å². The van der Waals surface area contributed by atoms with Crippen molar-refractivity contribution in [3.05, 3.63) is 41.5 Å². The Morgan fingerprint density at radius 2 is 1.69 bits per heavy atom. The lowest BCUT2D eigenvalue weighted by Crippen LogP contribution is -2.45. The maximum absolute atomic E-state index is 5.23. The van der Waals surface area contributed by atoms with E-state index in [9.17, 15) is 0 Å². The number of nitrogens with one attached hydrogen (secondary N) is 2. The molecule has 0 amide bonds. The standard InChI is InChI=1S/C23H39N7O.HI/c1-17(2)30(18(3)4)15-14-25-23(26-16-22-28-27-19(5)29(22)6)24-13-12-20-8-10-21(31-7)11-9-20;/h8-11,17-18H,12-16H2,1-7H3,(H2,24,25,26);1H. The van der Waals surface area contributed by atoms with Gasteiger partial charge in [0.2, 0.25) is 0 Å². The molecule has 0 aliphatic rings. The van der Waals surface area contributed by atoms with Crippen molar-refractivity contribution in [2.24, 2.45) is 12.0 Å². The van der Waals surface area contributed by atoms with Crippen LogP contribution >= 0.6 is 24.0 Å². The van der Waals surface area contributed by atoms with Crippen molar-refractivity contribution in [1.82, 2.24) is 30.3 Å². The molecule has 180 valence electrons. The summed E-state index contributed by atoms with van der Waals surface area (Å²) in [6, 6.07) is 9.18. The third-order valence-electron chi connectivity index (χ3n) is 5.42. The van der Waals surface area contributed by atoms with Crippen LogP contribution < -0.4 is 15.4 Å². The molecule has 0 bridgehead atoms. The van der Waals surface area contributed by atoms with Crippen LogP contribution in [0.1, 0.15) is 44.9 Å². The summed E-state index contributed by atoms with van der Waals surface area (Å²) in [6.07, 6.45) is 0.901. The summed E-state index contributed by atoms with van der Waals surface area (Å²) >= 11 is 0. The van der Waals surface area contributed by atoms with Gasteiger partial charge in [0.25, 0.3) is 0 Å². The first kappa shape index (κ1) is 28.2. The monoisotopic (exact) mass is 557 g/mol. The van der Waals surface area contributed by atoms with Crippen molar-refractivity contribution in [2.45, 2.75) is 59.7 Å². The highest BCUT2D eigenvalue weighted by Crippen LogP contribution is 2.11. The summed E-state index contributed by atoms with van der Waals surface area (Å²) in [5.41, 5.74) is 1.25. The fraction of sp³-hybridized carbons (Fsp3) is 0.609. The smallest absolute Gasteiger partial charge is 0.191 e. The van der Waals surface area contributed by atoms with Crippen molar-refractivity contribution < 1.29 is 4.74 Å². The van der Waals surface area contributed by atoms with Crippen LogP contribution in [0.15, 0.2) is 29.3 Å². The fourth-order valence-corrected chi connectivity index (χ4v) is 3.45. The lowest BCUT2D eigenvalue weighted by molar-refractivity contribution is 0.178. The molecule has 0 fully saturated rings. The van der Waals surface area contributed by atoms with Gasteiger partial charge in [-0.05, 0) is 58.7 Å². The number of aromatic nitrogens is 3. The van der Waals surface area contributed by atoms with Crippen LogP contribution in [-0.2, 0) is 20.0 Å². The van der Waals surface area contributed by atoms with Crippen LogP contribution in [0.4, 0.5) is 0 Å². The van der Waals surface area contributed by atoms with Crippen molar-refractivity contribution in [2.75, 3.05) is 26.7 Å². The minimum absolute atomic E-state index is 0. The zero-order valence-electron chi connectivity index (χ0n) is 20.6. The Balaban J connectivity index is 0.00000512. The molecular formula is C23H40IN7O. The van der Waals surface area contributed by atoms with E-state index in [0.29, 0.717) is 18.6 Å². The molecule has 0 aliphatic carbocycles. The van der Waals surface area contributed by atoms with Crippen molar-refractivity contribution in [3.8, 4) is 5.75 Å². The Morgan fingerprint density at radius 1 is 1.06 bits per heavy atom. The van der Waals surface area contributed by atoms with Gasteiger partial charge in [-0.3, -0.25) is 4.90 Å². The predicted molar refractivity (Wildman–Crippen MR) is 142 cm³/mol. The number of rotatable bonds is 11. The van der Waals surface area contributed by atoms with Gasteiger partial charge in [0.05, 0.1) is 7.11 Å². The van der Waals surface area contributed by atoms with Gasteiger partial charge < -0.3 is 19.9 Å². The van der Waals surface area contributed by atoms with Crippen LogP contribution in [-0.4, -0.2) is 64.5 Å². The number of hydrogen-bond acceptors (Lipinski definition) is 5. The first-order valence-corrected chi connectivity index (χ1v) is 11.1. The minimum atomic E-state index is 0. The molecule has 0 saturated carbocycles. The van der Waals surface area contributed by atoms with Crippen LogP contribution in [0.5, 0.6) is 5.75 Å². The second-order valence-corrected chi connectivity index (χ2v) is 8.26. The Labute approximate surface area is 210 Å². The van der Waals surface area contributed by atoms with Gasteiger partial charge in [-0.25, -0.2) is 4.99 Å². The summed E-state index contributed by atoms with van der Waals surface area (Å²) in [7, 11) is 3.65. The second kappa shape index (κ2) is 14.3. The van der Waals surface area contributed by atoms with Crippen LogP contribution in [0, 0.1) is 6.92 Å². The van der Waals surface area contributed by atoms with Gasteiger partial charge in [-0.15, -0.1) is 34.2 Å². The van der Waals surface area contributed by atoms with Crippen LogP contribution in [0.2, 0.25) is 0 Å². The molecule has 8 nitrogen and oxygen atoms in total. The lowest BCUT2D eigenvalue weighted by atomic mass is 10.1. The van der Waals surface area contributed by atoms with E-state index in [2.05, 4.69) is 65.6 Å². The van der Waals surface area contributed by atoms with E-state index in [-0.39, 0.29) is 24.0 Å². The SMILES string of the molecule is COc1ccc(CCNC(=NCc2nnc(C)n2C)NCCN(C(C)C)C(C)C)cc1.I. The number of halogens is 1. The van der Waals surface area contributed by atoms with Gasteiger partial charge in [0.15, 0.2) is 11.8 Å². The van der Waals surface area contributed by atoms with E-state index in [0.717, 1.165) is 49.4 Å². The maximum atomic E-state index is 5.23. The maximum Gasteiger partial charge on any atom is 0.191 e. The van der Waals surface area contributed by atoms with Gasteiger partial charge in [0.1, 0.15) is 18.1 Å². The largest absolute Gasteiger partial charge is 0.497 e. The number of methoxy groups -OCH3 is 1. The first-order valence-electron chi connectivity index (χ1n) is 11.1. The third-order valence-corrected chi connectivity index (χ3v) is 5.42. The highest BCUT2D eigenvalue weighted by atomic mass is 127. The van der Waals surface area contributed by atoms with E-state index in [4.69, 9.17) is 9.73 Å². The molecule has 32 heavy (non-hydrogen) atoms. The summed E-state index contributed by atoms with van der Waals surface area (Å²) in [6.45, 7) is 13.9. The van der Waals surface area contributed by atoms with E-state index in [1.54, 1.807) is 7.11 Å². The third kappa shape index (κ3) is 8.93. The fourth-order valence-electron chi connectivity index (χ4n) is 3.45. The lowest BCUT2D eigenvalue weighted by Gasteiger charge is -2.30. The summed E-state index contributed by atoms with van der Waals surface area (Å²) in [5, 5.41) is 15.3. The van der Waals surface area contributed by atoms with Gasteiger partial charge >= 0.3 is 0 Å². The predicted octanol–water partition coefficient (Wildman–Crippen LogP) is 3.15.